The second-order valence-corrected chi connectivity index (χ2v) is 3.49. The van der Waals surface area contributed by atoms with Crippen LogP contribution in [0.3, 0.4) is 0 Å². The Labute approximate surface area is 98.4 Å². The molecule has 0 fully saturated rings. The third-order valence-electron chi connectivity index (χ3n) is 2.00. The smallest absolute Gasteiger partial charge is 0.311 e. The predicted molar refractivity (Wildman–Crippen MR) is 62.8 cm³/mol. The lowest BCUT2D eigenvalue weighted by atomic mass is 10.3. The normalized spacial score (nSPS) is 9.76. The van der Waals surface area contributed by atoms with E-state index in [1.54, 1.807) is 13.0 Å². The largest absolute Gasteiger partial charge is 0.363 e. The molecule has 0 saturated carbocycles. The summed E-state index contributed by atoms with van der Waals surface area (Å²) in [5.74, 6) is 0.0823. The zero-order valence-corrected chi connectivity index (χ0v) is 9.69. The molecule has 1 aromatic heterocycles. The fraction of sp³-hybridized carbons (Fsp3) is 0.400. The van der Waals surface area contributed by atoms with E-state index in [0.29, 0.717) is 18.8 Å². The molecule has 0 saturated heterocycles. The Morgan fingerprint density at radius 1 is 1.47 bits per heavy atom. The molecule has 0 aromatic carbocycles. The maximum atomic E-state index is 10.7. The minimum Gasteiger partial charge on any atom is -0.363 e. The van der Waals surface area contributed by atoms with E-state index in [1.165, 1.54) is 13.0 Å². The van der Waals surface area contributed by atoms with Crippen LogP contribution in [-0.4, -0.2) is 28.9 Å². The lowest BCUT2D eigenvalue weighted by molar-refractivity contribution is -0.384. The SMILES string of the molecule is CC(=O)NCCNc1nc(C)ccc1[N+](=O)[O-]. The van der Waals surface area contributed by atoms with Gasteiger partial charge in [0.15, 0.2) is 0 Å². The highest BCUT2D eigenvalue weighted by Crippen LogP contribution is 2.21. The highest BCUT2D eigenvalue weighted by molar-refractivity contribution is 5.72. The van der Waals surface area contributed by atoms with Crippen LogP contribution in [0.15, 0.2) is 12.1 Å². The van der Waals surface area contributed by atoms with Crippen molar-refractivity contribution in [2.75, 3.05) is 18.4 Å². The van der Waals surface area contributed by atoms with Gasteiger partial charge in [0.05, 0.1) is 4.92 Å². The van der Waals surface area contributed by atoms with Gasteiger partial charge in [0.2, 0.25) is 11.7 Å². The third kappa shape index (κ3) is 4.06. The highest BCUT2D eigenvalue weighted by atomic mass is 16.6. The van der Waals surface area contributed by atoms with Gasteiger partial charge < -0.3 is 10.6 Å². The molecule has 2 N–H and O–H groups in total. The molecule has 0 atom stereocenters. The third-order valence-corrected chi connectivity index (χ3v) is 2.00. The van der Waals surface area contributed by atoms with Gasteiger partial charge in [-0.25, -0.2) is 4.98 Å². The van der Waals surface area contributed by atoms with Crippen LogP contribution >= 0.6 is 0 Å². The van der Waals surface area contributed by atoms with E-state index in [4.69, 9.17) is 0 Å². The van der Waals surface area contributed by atoms with Gasteiger partial charge in [-0.1, -0.05) is 0 Å². The first-order valence-electron chi connectivity index (χ1n) is 5.11. The van der Waals surface area contributed by atoms with Crippen molar-refractivity contribution >= 4 is 17.4 Å². The van der Waals surface area contributed by atoms with Crippen molar-refractivity contribution in [2.24, 2.45) is 0 Å². The number of aryl methyl sites for hydroxylation is 1. The zero-order valence-electron chi connectivity index (χ0n) is 9.69. The molecule has 92 valence electrons. The van der Waals surface area contributed by atoms with E-state index in [0.717, 1.165) is 0 Å². The molecular formula is C10H14N4O3. The number of nitro groups is 1. The van der Waals surface area contributed by atoms with Crippen LogP contribution in [0.1, 0.15) is 12.6 Å². The fourth-order valence-corrected chi connectivity index (χ4v) is 1.25. The number of rotatable bonds is 5. The number of carbonyl (C=O) groups is 1. The minimum absolute atomic E-state index is 0.0709. The molecule has 17 heavy (non-hydrogen) atoms. The number of nitrogens with zero attached hydrogens (tertiary/aromatic N) is 2. The van der Waals surface area contributed by atoms with Crippen molar-refractivity contribution in [3.63, 3.8) is 0 Å². The number of amides is 1. The second-order valence-electron chi connectivity index (χ2n) is 3.49. The molecule has 1 aromatic rings. The van der Waals surface area contributed by atoms with E-state index in [2.05, 4.69) is 15.6 Å². The highest BCUT2D eigenvalue weighted by Gasteiger charge is 2.14. The van der Waals surface area contributed by atoms with Crippen LogP contribution in [0.2, 0.25) is 0 Å². The fourth-order valence-electron chi connectivity index (χ4n) is 1.25. The molecular weight excluding hydrogens is 224 g/mol. The minimum atomic E-state index is -0.493. The van der Waals surface area contributed by atoms with Crippen LogP contribution in [0.25, 0.3) is 0 Å². The van der Waals surface area contributed by atoms with Gasteiger partial charge in [0.25, 0.3) is 0 Å². The summed E-state index contributed by atoms with van der Waals surface area (Å²) >= 11 is 0. The van der Waals surface area contributed by atoms with Crippen molar-refractivity contribution in [1.29, 1.82) is 0 Å². The summed E-state index contributed by atoms with van der Waals surface area (Å²) in [5, 5.41) is 16.1. The average Bonchev–Trinajstić information content (AvgIpc) is 2.23. The van der Waals surface area contributed by atoms with Gasteiger partial charge >= 0.3 is 5.69 Å². The van der Waals surface area contributed by atoms with Crippen molar-refractivity contribution < 1.29 is 9.72 Å². The van der Waals surface area contributed by atoms with Gasteiger partial charge in [-0.3, -0.25) is 14.9 Å². The standard InChI is InChI=1S/C10H14N4O3/c1-7-3-4-9(14(16)17)10(13-7)12-6-5-11-8(2)15/h3-4H,5-6H2,1-2H3,(H,11,15)(H,12,13). The molecule has 1 rings (SSSR count). The Morgan fingerprint density at radius 2 is 2.18 bits per heavy atom. The number of carbonyl (C=O) groups excluding carboxylic acids is 1. The monoisotopic (exact) mass is 238 g/mol. The molecule has 1 amide bonds. The van der Waals surface area contributed by atoms with Gasteiger partial charge in [-0.05, 0) is 13.0 Å². The van der Waals surface area contributed by atoms with Crippen molar-refractivity contribution in [1.82, 2.24) is 10.3 Å². The first kappa shape index (κ1) is 12.9. The summed E-state index contributed by atoms with van der Waals surface area (Å²) in [4.78, 5) is 24.9. The maximum Gasteiger partial charge on any atom is 0.311 e. The number of hydrogen-bond donors (Lipinski definition) is 2. The summed E-state index contributed by atoms with van der Waals surface area (Å²) in [6, 6.07) is 2.99. The summed E-state index contributed by atoms with van der Waals surface area (Å²) in [5.41, 5.74) is 0.621. The Balaban J connectivity index is 2.65. The molecule has 0 aliphatic carbocycles. The van der Waals surface area contributed by atoms with E-state index < -0.39 is 4.92 Å². The number of pyridine rings is 1. The van der Waals surface area contributed by atoms with Gasteiger partial charge in [-0.15, -0.1) is 0 Å². The molecule has 0 bridgehead atoms. The summed E-state index contributed by atoms with van der Waals surface area (Å²) in [6.45, 7) is 3.94. The quantitative estimate of drug-likeness (QED) is 0.450. The lowest BCUT2D eigenvalue weighted by Crippen LogP contribution is -2.26. The molecule has 0 radical (unpaired) electrons. The summed E-state index contributed by atoms with van der Waals surface area (Å²) < 4.78 is 0. The zero-order chi connectivity index (χ0) is 12.8. The van der Waals surface area contributed by atoms with E-state index in [1.807, 2.05) is 0 Å². The number of hydrogen-bond acceptors (Lipinski definition) is 5. The van der Waals surface area contributed by atoms with Crippen molar-refractivity contribution in [3.05, 3.63) is 27.9 Å². The molecule has 7 heteroatoms. The van der Waals surface area contributed by atoms with Crippen molar-refractivity contribution in [3.8, 4) is 0 Å². The van der Waals surface area contributed by atoms with Crippen LogP contribution in [0.4, 0.5) is 11.5 Å². The number of nitrogens with one attached hydrogen (secondary N) is 2. The van der Waals surface area contributed by atoms with Gasteiger partial charge in [0.1, 0.15) is 0 Å². The summed E-state index contributed by atoms with van der Waals surface area (Å²) in [6.07, 6.45) is 0. The first-order chi connectivity index (χ1) is 8.00. The number of aromatic nitrogens is 1. The van der Waals surface area contributed by atoms with Crippen LogP contribution in [0, 0.1) is 17.0 Å². The van der Waals surface area contributed by atoms with Gasteiger partial charge in [-0.2, -0.15) is 0 Å². The Hall–Kier alpha value is -2.18. The second kappa shape index (κ2) is 5.78. The molecule has 0 unspecified atom stereocenters. The molecule has 7 nitrogen and oxygen atoms in total. The molecule has 0 aliphatic heterocycles. The lowest BCUT2D eigenvalue weighted by Gasteiger charge is -2.07. The van der Waals surface area contributed by atoms with E-state index >= 15 is 0 Å². The van der Waals surface area contributed by atoms with Crippen LogP contribution in [0.5, 0.6) is 0 Å². The average molecular weight is 238 g/mol. The topological polar surface area (TPSA) is 97.2 Å². The van der Waals surface area contributed by atoms with Gasteiger partial charge in [0, 0.05) is 31.8 Å². The van der Waals surface area contributed by atoms with Crippen LogP contribution in [-0.2, 0) is 4.79 Å². The Morgan fingerprint density at radius 3 is 2.76 bits per heavy atom. The van der Waals surface area contributed by atoms with Crippen molar-refractivity contribution in [2.45, 2.75) is 13.8 Å². The molecule has 0 aliphatic rings. The predicted octanol–water partition coefficient (Wildman–Crippen LogP) is 0.846. The number of anilines is 1. The molecule has 0 spiro atoms. The van der Waals surface area contributed by atoms with E-state index in [-0.39, 0.29) is 17.4 Å². The Kier molecular flexibility index (Phi) is 4.38. The van der Waals surface area contributed by atoms with Crippen LogP contribution < -0.4 is 10.6 Å². The summed E-state index contributed by atoms with van der Waals surface area (Å²) in [7, 11) is 0. The Bertz CT molecular complexity index is 434. The molecule has 1 heterocycles. The maximum absolute atomic E-state index is 10.7. The van der Waals surface area contributed by atoms with E-state index in [9.17, 15) is 14.9 Å². The first-order valence-corrected chi connectivity index (χ1v) is 5.11.